The van der Waals surface area contributed by atoms with Crippen molar-refractivity contribution in [2.75, 3.05) is 5.73 Å². The summed E-state index contributed by atoms with van der Waals surface area (Å²) in [7, 11) is 0. The first-order chi connectivity index (χ1) is 7.11. The molecule has 2 N–H and O–H groups in total. The van der Waals surface area contributed by atoms with E-state index in [0.29, 0.717) is 12.1 Å². The maximum atomic E-state index is 11.7. The Morgan fingerprint density at radius 2 is 2.27 bits per heavy atom. The first-order valence-corrected chi connectivity index (χ1v) is 5.11. The smallest absolute Gasteiger partial charge is 0.290 e. The van der Waals surface area contributed by atoms with Gasteiger partial charge in [0.25, 0.3) is 5.56 Å². The first kappa shape index (κ1) is 11.5. The summed E-state index contributed by atoms with van der Waals surface area (Å²) < 4.78 is 1.43. The summed E-state index contributed by atoms with van der Waals surface area (Å²) in [6.07, 6.45) is 3.53. The molecule has 0 atom stereocenters. The molecule has 0 saturated heterocycles. The fourth-order valence-electron chi connectivity index (χ4n) is 1.45. The maximum Gasteiger partial charge on any atom is 0.290 e. The van der Waals surface area contributed by atoms with Crippen molar-refractivity contribution in [2.24, 2.45) is 0 Å². The third-order valence-electron chi connectivity index (χ3n) is 2.34. The maximum absolute atomic E-state index is 11.7. The molecule has 0 aliphatic heterocycles. The zero-order chi connectivity index (χ0) is 11.4. The summed E-state index contributed by atoms with van der Waals surface area (Å²) in [5.74, 6) is 0. The molecule has 1 aromatic rings. The van der Waals surface area contributed by atoms with Gasteiger partial charge in [-0.3, -0.25) is 4.79 Å². The number of hydrogen-bond donors (Lipinski definition) is 1. The van der Waals surface area contributed by atoms with Crippen LogP contribution < -0.4 is 11.3 Å². The minimum atomic E-state index is -0.219. The van der Waals surface area contributed by atoms with Crippen molar-refractivity contribution < 1.29 is 0 Å². The normalized spacial score (nSPS) is 10.3. The van der Waals surface area contributed by atoms with Crippen molar-refractivity contribution in [2.45, 2.75) is 33.2 Å². The molecule has 4 nitrogen and oxygen atoms in total. The van der Waals surface area contributed by atoms with E-state index in [1.165, 1.54) is 4.68 Å². The largest absolute Gasteiger partial charge is 0.394 e. The van der Waals surface area contributed by atoms with Crippen LogP contribution in [0.3, 0.4) is 0 Å². The van der Waals surface area contributed by atoms with Gasteiger partial charge in [0.1, 0.15) is 5.69 Å². The summed E-state index contributed by atoms with van der Waals surface area (Å²) in [6.45, 7) is 8.14. The fraction of sp³-hybridized carbons (Fsp3) is 0.455. The van der Waals surface area contributed by atoms with Gasteiger partial charge in [0, 0.05) is 12.1 Å². The van der Waals surface area contributed by atoms with E-state index in [-0.39, 0.29) is 11.2 Å². The molecule has 0 saturated carbocycles. The Balaban J connectivity index is 3.22. The molecule has 4 heteroatoms. The molecule has 0 bridgehead atoms. The average Bonchev–Trinajstić information content (AvgIpc) is 2.22. The van der Waals surface area contributed by atoms with Gasteiger partial charge in [-0.2, -0.15) is 5.10 Å². The van der Waals surface area contributed by atoms with Gasteiger partial charge in [0.05, 0.1) is 5.69 Å². The number of nitrogens with two attached hydrogens (primary N) is 1. The van der Waals surface area contributed by atoms with Crippen molar-refractivity contribution in [3.8, 4) is 0 Å². The van der Waals surface area contributed by atoms with Gasteiger partial charge in [0.2, 0.25) is 0 Å². The number of aromatic nitrogens is 2. The number of aryl methyl sites for hydroxylation is 2. The summed E-state index contributed by atoms with van der Waals surface area (Å²) in [6, 6.07) is 0. The molecule has 0 radical (unpaired) electrons. The highest BCUT2D eigenvalue weighted by atomic mass is 16.1. The van der Waals surface area contributed by atoms with Gasteiger partial charge in [-0.15, -0.1) is 0 Å². The van der Waals surface area contributed by atoms with Crippen molar-refractivity contribution in [3.63, 3.8) is 0 Å². The number of nitrogen functional groups attached to an aromatic ring is 1. The predicted octanol–water partition coefficient (Wildman–Crippen LogP) is 1.58. The van der Waals surface area contributed by atoms with E-state index >= 15 is 0 Å². The van der Waals surface area contributed by atoms with Crippen molar-refractivity contribution in [3.05, 3.63) is 28.2 Å². The van der Waals surface area contributed by atoms with E-state index in [1.807, 2.05) is 6.92 Å². The van der Waals surface area contributed by atoms with Crippen LogP contribution in [0.4, 0.5) is 5.69 Å². The molecule has 0 aromatic carbocycles. The third kappa shape index (κ3) is 2.26. The second-order valence-electron chi connectivity index (χ2n) is 3.50. The lowest BCUT2D eigenvalue weighted by Crippen LogP contribution is -2.27. The van der Waals surface area contributed by atoms with Crippen LogP contribution in [-0.4, -0.2) is 9.78 Å². The molecule has 0 aliphatic rings. The quantitative estimate of drug-likeness (QED) is 0.815. The molecule has 1 heterocycles. The lowest BCUT2D eigenvalue weighted by Gasteiger charge is -2.09. The van der Waals surface area contributed by atoms with Gasteiger partial charge >= 0.3 is 0 Å². The Hall–Kier alpha value is -1.58. The highest BCUT2D eigenvalue weighted by Crippen LogP contribution is 2.10. The van der Waals surface area contributed by atoms with E-state index in [0.717, 1.165) is 18.5 Å². The van der Waals surface area contributed by atoms with Crippen LogP contribution in [0, 0.1) is 6.92 Å². The molecule has 15 heavy (non-hydrogen) atoms. The van der Waals surface area contributed by atoms with Crippen molar-refractivity contribution in [1.82, 2.24) is 9.78 Å². The van der Waals surface area contributed by atoms with Gasteiger partial charge in [0.15, 0.2) is 0 Å². The monoisotopic (exact) mass is 207 g/mol. The summed E-state index contributed by atoms with van der Waals surface area (Å²) in [5.41, 5.74) is 7.14. The average molecular weight is 207 g/mol. The Morgan fingerprint density at radius 3 is 2.80 bits per heavy atom. The second kappa shape index (κ2) is 4.77. The molecule has 1 aromatic heterocycles. The van der Waals surface area contributed by atoms with Crippen LogP contribution >= 0.6 is 0 Å². The Morgan fingerprint density at radius 1 is 1.60 bits per heavy atom. The van der Waals surface area contributed by atoms with E-state index in [9.17, 15) is 4.79 Å². The van der Waals surface area contributed by atoms with Crippen LogP contribution in [0.1, 0.15) is 31.0 Å². The minimum absolute atomic E-state index is 0.219. The molecule has 0 aliphatic carbocycles. The Bertz CT molecular complexity index is 421. The molecule has 0 unspecified atom stereocenters. The van der Waals surface area contributed by atoms with Gasteiger partial charge in [-0.05, 0) is 13.3 Å². The molecule has 0 spiro atoms. The second-order valence-corrected chi connectivity index (χ2v) is 3.50. The number of anilines is 1. The van der Waals surface area contributed by atoms with E-state index in [4.69, 9.17) is 5.73 Å². The van der Waals surface area contributed by atoms with Crippen LogP contribution in [0.2, 0.25) is 0 Å². The van der Waals surface area contributed by atoms with Gasteiger partial charge < -0.3 is 5.73 Å². The third-order valence-corrected chi connectivity index (χ3v) is 2.34. The lowest BCUT2D eigenvalue weighted by molar-refractivity contribution is 0.538. The Kier molecular flexibility index (Phi) is 3.66. The van der Waals surface area contributed by atoms with E-state index < -0.39 is 0 Å². The first-order valence-electron chi connectivity index (χ1n) is 5.11. The molecular formula is C11H17N3O. The van der Waals surface area contributed by atoms with Crippen molar-refractivity contribution in [1.29, 1.82) is 0 Å². The highest BCUT2D eigenvalue weighted by molar-refractivity contribution is 5.63. The zero-order valence-corrected chi connectivity index (χ0v) is 9.29. The van der Waals surface area contributed by atoms with E-state index in [2.05, 4.69) is 18.6 Å². The molecule has 1 rings (SSSR count). The summed E-state index contributed by atoms with van der Waals surface area (Å²) in [4.78, 5) is 11.7. The molecule has 82 valence electrons. The Labute approximate surface area is 89.4 Å². The molecule has 0 amide bonds. The number of rotatable bonds is 4. The zero-order valence-electron chi connectivity index (χ0n) is 9.29. The van der Waals surface area contributed by atoms with Crippen LogP contribution in [0.5, 0.6) is 0 Å². The van der Waals surface area contributed by atoms with Crippen molar-refractivity contribution >= 4 is 11.8 Å². The van der Waals surface area contributed by atoms with Gasteiger partial charge in [-0.1, -0.05) is 26.0 Å². The summed E-state index contributed by atoms with van der Waals surface area (Å²) in [5, 5.41) is 4.19. The van der Waals surface area contributed by atoms with Gasteiger partial charge in [-0.25, -0.2) is 4.68 Å². The lowest BCUT2D eigenvalue weighted by atomic mass is 10.2. The standard InChI is InChI=1S/C11H17N3O/c1-4-6-7-14-11(15)10(12)9(5-2)8(3)13-14/h5H,2,4,6-7,12H2,1,3H3. The molecule has 0 fully saturated rings. The van der Waals surface area contributed by atoms with Crippen LogP contribution in [0.15, 0.2) is 11.4 Å². The number of hydrogen-bond acceptors (Lipinski definition) is 3. The number of nitrogens with zero attached hydrogens (tertiary/aromatic N) is 2. The van der Waals surface area contributed by atoms with Crippen LogP contribution in [0.25, 0.3) is 6.08 Å². The van der Waals surface area contributed by atoms with E-state index in [1.54, 1.807) is 6.08 Å². The highest BCUT2D eigenvalue weighted by Gasteiger charge is 2.08. The summed E-state index contributed by atoms with van der Waals surface area (Å²) >= 11 is 0. The van der Waals surface area contributed by atoms with Crippen LogP contribution in [-0.2, 0) is 6.54 Å². The minimum Gasteiger partial charge on any atom is -0.394 e. The predicted molar refractivity (Wildman–Crippen MR) is 62.6 cm³/mol. The topological polar surface area (TPSA) is 60.9 Å². The SMILES string of the molecule is C=Cc1c(C)nn(CCCC)c(=O)c1N. The fourth-order valence-corrected chi connectivity index (χ4v) is 1.45. The number of unbranched alkanes of at least 4 members (excludes halogenated alkanes) is 1. The molecular weight excluding hydrogens is 190 g/mol.